The number of ether oxygens (including phenoxy) is 1. The molecule has 0 aromatic carbocycles. The summed E-state index contributed by atoms with van der Waals surface area (Å²) in [7, 11) is 0. The zero-order valence-electron chi connectivity index (χ0n) is 10.8. The minimum absolute atomic E-state index is 0.266. The van der Waals surface area contributed by atoms with Crippen LogP contribution in [0.25, 0.3) is 0 Å². The zero-order chi connectivity index (χ0) is 14.6. The number of nitrogens with two attached hydrogens (primary N) is 1. The lowest BCUT2D eigenvalue weighted by molar-refractivity contribution is -0.157. The first kappa shape index (κ1) is 14.7. The highest BCUT2D eigenvalue weighted by molar-refractivity contribution is 5.75. The van der Waals surface area contributed by atoms with Crippen LogP contribution in [0.15, 0.2) is 23.1 Å². The third-order valence-corrected chi connectivity index (χ3v) is 2.48. The van der Waals surface area contributed by atoms with Crippen molar-refractivity contribution in [3.8, 4) is 0 Å². The Bertz CT molecular complexity index is 547. The van der Waals surface area contributed by atoms with Crippen molar-refractivity contribution in [3.63, 3.8) is 0 Å². The number of carboxylic acids is 1. The number of aliphatic carboxylic acids is 1. The molecule has 0 amide bonds. The first-order valence-corrected chi connectivity index (χ1v) is 5.57. The summed E-state index contributed by atoms with van der Waals surface area (Å²) in [5.41, 5.74) is 4.29. The number of carbonyl (C=O) groups is 2. The second-order valence-electron chi connectivity index (χ2n) is 4.78. The number of carbonyl (C=O) groups excluding carboxylic acids is 1. The molecule has 0 spiro atoms. The van der Waals surface area contributed by atoms with E-state index in [1.807, 2.05) is 0 Å². The molecule has 1 aromatic heterocycles. The van der Waals surface area contributed by atoms with Crippen LogP contribution in [0, 0.1) is 5.41 Å². The summed E-state index contributed by atoms with van der Waals surface area (Å²) in [4.78, 5) is 33.8. The fourth-order valence-corrected chi connectivity index (χ4v) is 1.18. The predicted molar refractivity (Wildman–Crippen MR) is 67.5 cm³/mol. The molecule has 1 heterocycles. The highest BCUT2D eigenvalue weighted by atomic mass is 16.5. The van der Waals surface area contributed by atoms with E-state index in [1.165, 1.54) is 32.2 Å². The van der Waals surface area contributed by atoms with Crippen LogP contribution in [-0.2, 0) is 20.9 Å². The van der Waals surface area contributed by atoms with Gasteiger partial charge in [-0.2, -0.15) is 0 Å². The van der Waals surface area contributed by atoms with Gasteiger partial charge in [0.05, 0.1) is 5.41 Å². The van der Waals surface area contributed by atoms with Gasteiger partial charge < -0.3 is 20.1 Å². The van der Waals surface area contributed by atoms with Gasteiger partial charge in [0.2, 0.25) is 0 Å². The number of hydrogen-bond donors (Lipinski definition) is 2. The largest absolute Gasteiger partial charge is 0.481 e. The van der Waals surface area contributed by atoms with E-state index in [0.29, 0.717) is 5.69 Å². The molecule has 0 aliphatic rings. The maximum absolute atomic E-state index is 11.5. The van der Waals surface area contributed by atoms with Gasteiger partial charge in [-0.05, 0) is 19.9 Å². The molecule has 0 radical (unpaired) electrons. The molecule has 104 valence electrons. The Balaban J connectivity index is 2.64. The Kier molecular flexibility index (Phi) is 4.31. The topological polar surface area (TPSA) is 112 Å². The minimum Gasteiger partial charge on any atom is -0.481 e. The van der Waals surface area contributed by atoms with Crippen molar-refractivity contribution in [2.45, 2.75) is 20.4 Å². The van der Waals surface area contributed by atoms with Gasteiger partial charge in [0.25, 0.3) is 5.56 Å². The maximum Gasteiger partial charge on any atom is 0.326 e. The van der Waals surface area contributed by atoms with Crippen molar-refractivity contribution in [2.75, 3.05) is 12.3 Å². The fourth-order valence-electron chi connectivity index (χ4n) is 1.18. The number of nitrogens with zero attached hydrogens (tertiary/aromatic N) is 1. The number of pyridine rings is 1. The number of aromatic nitrogens is 1. The third kappa shape index (κ3) is 4.13. The van der Waals surface area contributed by atoms with Gasteiger partial charge >= 0.3 is 11.9 Å². The van der Waals surface area contributed by atoms with Crippen LogP contribution < -0.4 is 11.3 Å². The van der Waals surface area contributed by atoms with Crippen molar-refractivity contribution in [1.29, 1.82) is 0 Å². The van der Waals surface area contributed by atoms with Crippen molar-refractivity contribution in [3.05, 3.63) is 28.7 Å². The van der Waals surface area contributed by atoms with Gasteiger partial charge in [0.1, 0.15) is 13.2 Å². The molecule has 7 heteroatoms. The number of anilines is 1. The molecule has 1 rings (SSSR count). The van der Waals surface area contributed by atoms with Crippen molar-refractivity contribution >= 4 is 17.6 Å². The van der Waals surface area contributed by atoms with E-state index >= 15 is 0 Å². The summed E-state index contributed by atoms with van der Waals surface area (Å²) in [5.74, 6) is -1.76. The van der Waals surface area contributed by atoms with E-state index < -0.39 is 17.4 Å². The Morgan fingerprint density at radius 1 is 1.42 bits per heavy atom. The lowest BCUT2D eigenvalue weighted by atomic mass is 9.95. The Hall–Kier alpha value is -2.31. The molecule has 0 saturated carbocycles. The van der Waals surface area contributed by atoms with Crippen LogP contribution in [0.1, 0.15) is 13.8 Å². The molecule has 0 aliphatic carbocycles. The number of rotatable bonds is 5. The van der Waals surface area contributed by atoms with Gasteiger partial charge in [0.15, 0.2) is 0 Å². The lowest BCUT2D eigenvalue weighted by Crippen LogP contribution is -2.32. The molecule has 0 bridgehead atoms. The molecular formula is C12H16N2O5. The smallest absolute Gasteiger partial charge is 0.326 e. The van der Waals surface area contributed by atoms with E-state index in [1.54, 1.807) is 0 Å². The average Bonchev–Trinajstić information content (AvgIpc) is 2.31. The monoisotopic (exact) mass is 268 g/mol. The van der Waals surface area contributed by atoms with E-state index in [9.17, 15) is 14.4 Å². The standard InChI is InChI=1S/C12H16N2O5/c1-12(2,11(17)18)7-19-10(16)6-14-5-8(13)3-4-9(14)15/h3-5H,6-7,13H2,1-2H3,(H,17,18). The number of carboxylic acid groups (broad SMARTS) is 1. The van der Waals surface area contributed by atoms with Gasteiger partial charge in [0, 0.05) is 18.0 Å². The van der Waals surface area contributed by atoms with Gasteiger partial charge in [-0.25, -0.2) is 0 Å². The second kappa shape index (κ2) is 5.55. The molecule has 0 unspecified atom stereocenters. The number of nitrogen functional groups attached to an aromatic ring is 1. The van der Waals surface area contributed by atoms with Gasteiger partial charge in [-0.15, -0.1) is 0 Å². The normalized spacial score (nSPS) is 11.1. The summed E-state index contributed by atoms with van der Waals surface area (Å²) >= 11 is 0. The van der Waals surface area contributed by atoms with Crippen LogP contribution in [0.4, 0.5) is 5.69 Å². The highest BCUT2D eigenvalue weighted by Gasteiger charge is 2.29. The van der Waals surface area contributed by atoms with Crippen molar-refractivity contribution in [2.24, 2.45) is 5.41 Å². The molecule has 3 N–H and O–H groups in total. The summed E-state index contributed by atoms with van der Waals surface area (Å²) in [5, 5.41) is 8.86. The first-order chi connectivity index (χ1) is 8.72. The zero-order valence-corrected chi connectivity index (χ0v) is 10.8. The number of esters is 1. The molecule has 0 saturated heterocycles. The van der Waals surface area contributed by atoms with Gasteiger partial charge in [-0.1, -0.05) is 0 Å². The Labute approximate surface area is 109 Å². The summed E-state index contributed by atoms with van der Waals surface area (Å²) in [6, 6.07) is 2.67. The van der Waals surface area contributed by atoms with Crippen LogP contribution in [0.2, 0.25) is 0 Å². The van der Waals surface area contributed by atoms with Crippen LogP contribution in [0.5, 0.6) is 0 Å². The van der Waals surface area contributed by atoms with E-state index in [2.05, 4.69) is 0 Å². The molecule has 19 heavy (non-hydrogen) atoms. The summed E-state index contributed by atoms with van der Waals surface area (Å²) < 4.78 is 5.95. The summed E-state index contributed by atoms with van der Waals surface area (Å²) in [6.07, 6.45) is 1.33. The molecule has 1 aromatic rings. The van der Waals surface area contributed by atoms with Crippen LogP contribution in [0.3, 0.4) is 0 Å². The van der Waals surface area contributed by atoms with Crippen LogP contribution in [-0.4, -0.2) is 28.2 Å². The lowest BCUT2D eigenvalue weighted by Gasteiger charge is -2.18. The molecule has 7 nitrogen and oxygen atoms in total. The average molecular weight is 268 g/mol. The van der Waals surface area contributed by atoms with E-state index in [0.717, 1.165) is 4.57 Å². The van der Waals surface area contributed by atoms with E-state index in [-0.39, 0.29) is 18.7 Å². The molecular weight excluding hydrogens is 252 g/mol. The molecule has 0 fully saturated rings. The van der Waals surface area contributed by atoms with Crippen LogP contribution >= 0.6 is 0 Å². The second-order valence-corrected chi connectivity index (χ2v) is 4.78. The van der Waals surface area contributed by atoms with E-state index in [4.69, 9.17) is 15.6 Å². The Morgan fingerprint density at radius 3 is 2.63 bits per heavy atom. The van der Waals surface area contributed by atoms with Crippen molar-refractivity contribution in [1.82, 2.24) is 4.57 Å². The SMILES string of the molecule is CC(C)(COC(=O)Cn1cc(N)ccc1=O)C(=O)O. The minimum atomic E-state index is -1.17. The summed E-state index contributed by atoms with van der Waals surface area (Å²) in [6.45, 7) is 2.31. The maximum atomic E-state index is 11.5. The first-order valence-electron chi connectivity index (χ1n) is 5.57. The molecule has 0 atom stereocenters. The quantitative estimate of drug-likeness (QED) is 0.732. The fraction of sp³-hybridized carbons (Fsp3) is 0.417. The Morgan fingerprint density at radius 2 is 2.05 bits per heavy atom. The third-order valence-electron chi connectivity index (χ3n) is 2.48. The predicted octanol–water partition coefficient (Wildman–Crippen LogP) is 0.0845. The van der Waals surface area contributed by atoms with Gasteiger partial charge in [-0.3, -0.25) is 14.4 Å². The highest BCUT2D eigenvalue weighted by Crippen LogP contribution is 2.15. The van der Waals surface area contributed by atoms with Crippen molar-refractivity contribution < 1.29 is 19.4 Å². The number of hydrogen-bond acceptors (Lipinski definition) is 5. The molecule has 0 aliphatic heterocycles.